The van der Waals surface area contributed by atoms with Gasteiger partial charge in [0.1, 0.15) is 0 Å². The quantitative estimate of drug-likeness (QED) is 0.917. The fourth-order valence-corrected chi connectivity index (χ4v) is 3.47. The second-order valence-electron chi connectivity index (χ2n) is 5.56. The number of carbonyl (C=O) groups excluding carboxylic acids is 1. The summed E-state index contributed by atoms with van der Waals surface area (Å²) in [6.07, 6.45) is 2.50. The molecule has 0 unspecified atom stereocenters. The number of nitrogens with one attached hydrogen (secondary N) is 1. The molecule has 2 atom stereocenters. The first-order valence-corrected chi connectivity index (χ1v) is 7.24. The van der Waals surface area contributed by atoms with E-state index in [-0.39, 0.29) is 11.8 Å². The van der Waals surface area contributed by atoms with Crippen molar-refractivity contribution in [3.8, 4) is 0 Å². The van der Waals surface area contributed by atoms with Crippen molar-refractivity contribution in [3.63, 3.8) is 0 Å². The fraction of sp³-hybridized carbons (Fsp3) is 0.176. The summed E-state index contributed by atoms with van der Waals surface area (Å²) >= 11 is 6.10. The van der Waals surface area contributed by atoms with E-state index in [4.69, 9.17) is 11.6 Å². The highest BCUT2D eigenvalue weighted by Gasteiger charge is 2.65. The number of aromatic nitrogens is 1. The fourth-order valence-electron chi connectivity index (χ4n) is 3.30. The van der Waals surface area contributed by atoms with Crippen LogP contribution < -0.4 is 5.32 Å². The maximum atomic E-state index is 12.5. The van der Waals surface area contributed by atoms with Crippen LogP contribution in [0.1, 0.15) is 29.3 Å². The van der Waals surface area contributed by atoms with Gasteiger partial charge in [0.15, 0.2) is 0 Å². The van der Waals surface area contributed by atoms with Crippen molar-refractivity contribution in [3.05, 3.63) is 65.0 Å². The lowest BCUT2D eigenvalue weighted by Gasteiger charge is -2.09. The van der Waals surface area contributed by atoms with Crippen molar-refractivity contribution in [1.82, 2.24) is 4.98 Å². The van der Waals surface area contributed by atoms with Crippen LogP contribution in [0.15, 0.2) is 43.0 Å². The molecular weight excluding hydrogens is 284 g/mol. The Labute approximate surface area is 127 Å². The van der Waals surface area contributed by atoms with E-state index in [0.717, 1.165) is 29.1 Å². The maximum Gasteiger partial charge on any atom is 0.235 e. The lowest BCUT2D eigenvalue weighted by Crippen LogP contribution is -2.21. The molecule has 21 heavy (non-hydrogen) atoms. The van der Waals surface area contributed by atoms with Gasteiger partial charge < -0.3 is 5.32 Å². The summed E-state index contributed by atoms with van der Waals surface area (Å²) in [6.45, 7) is 3.74. The average molecular weight is 297 g/mol. The van der Waals surface area contributed by atoms with Crippen LogP contribution in [0.2, 0.25) is 5.02 Å². The predicted octanol–water partition coefficient (Wildman–Crippen LogP) is 3.76. The van der Waals surface area contributed by atoms with Gasteiger partial charge in [-0.15, -0.1) is 0 Å². The number of rotatable bonds is 2. The van der Waals surface area contributed by atoms with Gasteiger partial charge in [-0.25, -0.2) is 0 Å². The monoisotopic (exact) mass is 296 g/mol. The van der Waals surface area contributed by atoms with Crippen molar-refractivity contribution < 1.29 is 4.79 Å². The molecule has 1 aliphatic carbocycles. The summed E-state index contributed by atoms with van der Waals surface area (Å²) < 4.78 is 0. The highest BCUT2D eigenvalue weighted by Crippen LogP contribution is 2.64. The van der Waals surface area contributed by atoms with Crippen LogP contribution in [0.5, 0.6) is 0 Å². The summed E-state index contributed by atoms with van der Waals surface area (Å²) in [5.41, 5.74) is 3.14. The standard InChI is InChI=1S/C17H13ClN2O/c1-2-11-4-3-5-14(19-11)13-9-17(13)12-8-10(18)6-7-15(12)20-16(17)21/h2-8,13H,1,9H2,(H,20,21)/t13-,17-/m1/s1. The van der Waals surface area contributed by atoms with Crippen molar-refractivity contribution in [2.24, 2.45) is 0 Å². The minimum Gasteiger partial charge on any atom is -0.325 e. The lowest BCUT2D eigenvalue weighted by molar-refractivity contribution is -0.118. The molecule has 2 heterocycles. The van der Waals surface area contributed by atoms with E-state index in [2.05, 4.69) is 16.9 Å². The molecule has 2 aromatic rings. The second kappa shape index (κ2) is 4.18. The van der Waals surface area contributed by atoms with Crippen LogP contribution in [-0.4, -0.2) is 10.9 Å². The summed E-state index contributed by atoms with van der Waals surface area (Å²) in [5.74, 6) is 0.160. The molecule has 1 aromatic carbocycles. The van der Waals surface area contributed by atoms with Crippen molar-refractivity contribution >= 4 is 29.3 Å². The topological polar surface area (TPSA) is 42.0 Å². The first-order valence-electron chi connectivity index (χ1n) is 6.86. The SMILES string of the molecule is C=Cc1cccc([C@H]2C[C@]23C(=O)Nc2ccc(Cl)cc23)n1. The Morgan fingerprint density at radius 2 is 2.24 bits per heavy atom. The lowest BCUT2D eigenvalue weighted by atomic mass is 9.93. The number of fused-ring (bicyclic) bond motifs is 2. The number of pyridine rings is 1. The van der Waals surface area contributed by atoms with Crippen LogP contribution in [0.4, 0.5) is 5.69 Å². The van der Waals surface area contributed by atoms with Gasteiger partial charge >= 0.3 is 0 Å². The third-order valence-corrected chi connectivity index (χ3v) is 4.67. The Morgan fingerprint density at radius 1 is 1.38 bits per heavy atom. The molecule has 1 aromatic heterocycles. The van der Waals surface area contributed by atoms with Gasteiger partial charge in [-0.1, -0.05) is 24.2 Å². The first-order chi connectivity index (χ1) is 10.1. The number of nitrogens with zero attached hydrogens (tertiary/aromatic N) is 1. The average Bonchev–Trinajstić information content (AvgIpc) is 3.19. The van der Waals surface area contributed by atoms with Gasteiger partial charge in [0.2, 0.25) is 5.91 Å². The molecule has 1 fully saturated rings. The van der Waals surface area contributed by atoms with E-state index in [0.29, 0.717) is 5.02 Å². The summed E-state index contributed by atoms with van der Waals surface area (Å²) in [5, 5.41) is 3.62. The summed E-state index contributed by atoms with van der Waals surface area (Å²) in [6, 6.07) is 11.4. The van der Waals surface area contributed by atoms with Gasteiger partial charge in [0.05, 0.1) is 11.1 Å². The van der Waals surface area contributed by atoms with E-state index in [1.807, 2.05) is 30.3 Å². The van der Waals surface area contributed by atoms with E-state index in [1.165, 1.54) is 0 Å². The van der Waals surface area contributed by atoms with Crippen LogP contribution in [0, 0.1) is 0 Å². The highest BCUT2D eigenvalue weighted by molar-refractivity contribution is 6.31. The number of hydrogen-bond donors (Lipinski definition) is 1. The maximum absolute atomic E-state index is 12.5. The molecule has 1 spiro atoms. The largest absolute Gasteiger partial charge is 0.325 e. The molecule has 4 heteroatoms. The third kappa shape index (κ3) is 1.67. The van der Waals surface area contributed by atoms with Gasteiger partial charge in [-0.05, 0) is 48.4 Å². The first kappa shape index (κ1) is 12.6. The zero-order chi connectivity index (χ0) is 14.6. The van der Waals surface area contributed by atoms with E-state index in [1.54, 1.807) is 12.1 Å². The zero-order valence-corrected chi connectivity index (χ0v) is 12.0. The van der Waals surface area contributed by atoms with Gasteiger partial charge in [0.25, 0.3) is 0 Å². The third-order valence-electron chi connectivity index (χ3n) is 4.43. The molecule has 1 N–H and O–H groups in total. The molecular formula is C17H13ClN2O. The zero-order valence-electron chi connectivity index (χ0n) is 11.3. The minimum atomic E-state index is -0.493. The van der Waals surface area contributed by atoms with E-state index >= 15 is 0 Å². The van der Waals surface area contributed by atoms with Crippen molar-refractivity contribution in [2.45, 2.75) is 17.8 Å². The molecule has 104 valence electrons. The molecule has 4 rings (SSSR count). The van der Waals surface area contributed by atoms with Gasteiger partial charge in [0, 0.05) is 22.3 Å². The number of anilines is 1. The number of amides is 1. The van der Waals surface area contributed by atoms with Crippen molar-refractivity contribution in [2.75, 3.05) is 5.32 Å². The number of benzene rings is 1. The normalized spacial score (nSPS) is 25.6. The van der Waals surface area contributed by atoms with Gasteiger partial charge in [-0.2, -0.15) is 0 Å². The van der Waals surface area contributed by atoms with Gasteiger partial charge in [-0.3, -0.25) is 9.78 Å². The van der Waals surface area contributed by atoms with Crippen LogP contribution >= 0.6 is 11.6 Å². The van der Waals surface area contributed by atoms with Crippen LogP contribution in [0.3, 0.4) is 0 Å². The molecule has 2 aliphatic rings. The van der Waals surface area contributed by atoms with Crippen LogP contribution in [0.25, 0.3) is 6.08 Å². The van der Waals surface area contributed by atoms with Crippen LogP contribution in [-0.2, 0) is 10.2 Å². The molecule has 0 radical (unpaired) electrons. The number of carbonyl (C=O) groups is 1. The Kier molecular flexibility index (Phi) is 2.51. The molecule has 1 saturated carbocycles. The summed E-state index contributed by atoms with van der Waals surface area (Å²) in [7, 11) is 0. The molecule has 0 bridgehead atoms. The predicted molar refractivity (Wildman–Crippen MR) is 83.4 cm³/mol. The Balaban J connectivity index is 1.79. The number of hydrogen-bond acceptors (Lipinski definition) is 2. The molecule has 1 amide bonds. The Hall–Kier alpha value is -2.13. The van der Waals surface area contributed by atoms with Crippen molar-refractivity contribution in [1.29, 1.82) is 0 Å². The van der Waals surface area contributed by atoms with E-state index in [9.17, 15) is 4.79 Å². The highest BCUT2D eigenvalue weighted by atomic mass is 35.5. The van der Waals surface area contributed by atoms with E-state index < -0.39 is 5.41 Å². The smallest absolute Gasteiger partial charge is 0.235 e. The minimum absolute atomic E-state index is 0.0515. The molecule has 0 saturated heterocycles. The Bertz CT molecular complexity index is 786. The molecule has 3 nitrogen and oxygen atoms in total. The number of halogens is 1. The second-order valence-corrected chi connectivity index (χ2v) is 6.00. The molecule has 1 aliphatic heterocycles. The Morgan fingerprint density at radius 3 is 3.05 bits per heavy atom. The summed E-state index contributed by atoms with van der Waals surface area (Å²) in [4.78, 5) is 17.0.